The fourth-order valence-corrected chi connectivity index (χ4v) is 2.69. The number of carbonyl (C=O) groups excluding carboxylic acids is 1. The molecule has 0 unspecified atom stereocenters. The zero-order valence-electron chi connectivity index (χ0n) is 14.1. The zero-order valence-corrected chi connectivity index (χ0v) is 14.1. The number of aryl methyl sites for hydroxylation is 1. The van der Waals surface area contributed by atoms with Crippen molar-refractivity contribution in [1.82, 2.24) is 19.9 Å². The van der Waals surface area contributed by atoms with Crippen LogP contribution in [-0.4, -0.2) is 51.9 Å². The molecule has 24 heavy (non-hydrogen) atoms. The molecule has 1 fully saturated rings. The van der Waals surface area contributed by atoms with E-state index < -0.39 is 0 Å². The van der Waals surface area contributed by atoms with Crippen LogP contribution in [0.15, 0.2) is 30.5 Å². The van der Waals surface area contributed by atoms with Gasteiger partial charge in [0.1, 0.15) is 5.82 Å². The molecule has 0 atom stereocenters. The lowest BCUT2D eigenvalue weighted by Gasteiger charge is -2.34. The van der Waals surface area contributed by atoms with Crippen molar-refractivity contribution in [2.24, 2.45) is 0 Å². The largest absolute Gasteiger partial charge is 0.364 e. The van der Waals surface area contributed by atoms with Gasteiger partial charge in [-0.2, -0.15) is 4.98 Å². The van der Waals surface area contributed by atoms with Crippen molar-refractivity contribution in [2.45, 2.75) is 20.4 Å². The summed E-state index contributed by atoms with van der Waals surface area (Å²) in [6.07, 6.45) is 1.78. The van der Waals surface area contributed by atoms with Crippen LogP contribution in [0.4, 0.5) is 11.8 Å². The third kappa shape index (κ3) is 3.98. The number of rotatable bonds is 4. The highest BCUT2D eigenvalue weighted by Crippen LogP contribution is 2.16. The number of nitrogens with zero attached hydrogens (tertiary/aromatic N) is 5. The molecule has 0 radical (unpaired) electrons. The third-order valence-electron chi connectivity index (χ3n) is 4.03. The van der Waals surface area contributed by atoms with Crippen LogP contribution in [0.3, 0.4) is 0 Å². The van der Waals surface area contributed by atoms with Crippen molar-refractivity contribution in [1.29, 1.82) is 0 Å². The maximum atomic E-state index is 11.4. The Morgan fingerprint density at radius 1 is 1.21 bits per heavy atom. The molecule has 0 aliphatic carbocycles. The second-order valence-electron chi connectivity index (χ2n) is 5.86. The van der Waals surface area contributed by atoms with Crippen LogP contribution in [-0.2, 0) is 11.3 Å². The van der Waals surface area contributed by atoms with Gasteiger partial charge in [-0.15, -0.1) is 0 Å². The smallest absolute Gasteiger partial charge is 0.227 e. The summed E-state index contributed by atoms with van der Waals surface area (Å²) in [5.41, 5.74) is 1.88. The van der Waals surface area contributed by atoms with E-state index >= 15 is 0 Å². The molecule has 2 aromatic heterocycles. The molecule has 0 bridgehead atoms. The van der Waals surface area contributed by atoms with Crippen molar-refractivity contribution in [3.63, 3.8) is 0 Å². The first-order chi connectivity index (χ1) is 11.6. The molecule has 3 heterocycles. The van der Waals surface area contributed by atoms with E-state index in [2.05, 4.69) is 25.2 Å². The topological polar surface area (TPSA) is 74.2 Å². The van der Waals surface area contributed by atoms with E-state index in [0.717, 1.165) is 30.3 Å². The van der Waals surface area contributed by atoms with Gasteiger partial charge in [-0.3, -0.25) is 9.78 Å². The summed E-state index contributed by atoms with van der Waals surface area (Å²) in [5, 5.41) is 3.30. The molecule has 2 aromatic rings. The lowest BCUT2D eigenvalue weighted by atomic mass is 10.3. The normalized spacial score (nSPS) is 14.6. The maximum absolute atomic E-state index is 11.4. The Balaban J connectivity index is 1.67. The number of aromatic nitrogens is 3. The van der Waals surface area contributed by atoms with Crippen molar-refractivity contribution in [3.05, 3.63) is 41.9 Å². The van der Waals surface area contributed by atoms with E-state index in [1.54, 1.807) is 13.1 Å². The van der Waals surface area contributed by atoms with Gasteiger partial charge >= 0.3 is 0 Å². The molecule has 1 aliphatic heterocycles. The second kappa shape index (κ2) is 7.25. The maximum Gasteiger partial charge on any atom is 0.227 e. The fourth-order valence-electron chi connectivity index (χ4n) is 2.69. The Bertz CT molecular complexity index is 697. The monoisotopic (exact) mass is 326 g/mol. The Morgan fingerprint density at radius 3 is 2.67 bits per heavy atom. The van der Waals surface area contributed by atoms with Crippen LogP contribution in [0, 0.1) is 6.92 Å². The summed E-state index contributed by atoms with van der Waals surface area (Å²) in [6, 6.07) is 7.77. The summed E-state index contributed by atoms with van der Waals surface area (Å²) in [5.74, 6) is 1.62. The minimum absolute atomic E-state index is 0.123. The molecular weight excluding hydrogens is 304 g/mol. The molecule has 126 valence electrons. The van der Waals surface area contributed by atoms with Crippen molar-refractivity contribution in [3.8, 4) is 0 Å². The SMILES string of the molecule is CC(=O)N1CCN(c2nc(C)cc(NCc3ccccn3)n2)CC1. The number of hydrogen-bond acceptors (Lipinski definition) is 6. The van der Waals surface area contributed by atoms with Crippen LogP contribution < -0.4 is 10.2 Å². The van der Waals surface area contributed by atoms with Gasteiger partial charge in [-0.25, -0.2) is 4.98 Å². The summed E-state index contributed by atoms with van der Waals surface area (Å²) < 4.78 is 0. The third-order valence-corrected chi connectivity index (χ3v) is 4.03. The number of pyridine rings is 1. The average Bonchev–Trinajstić information content (AvgIpc) is 2.60. The minimum atomic E-state index is 0.123. The Kier molecular flexibility index (Phi) is 4.88. The molecule has 1 aliphatic rings. The van der Waals surface area contributed by atoms with E-state index in [1.165, 1.54) is 0 Å². The number of anilines is 2. The number of nitrogens with one attached hydrogen (secondary N) is 1. The van der Waals surface area contributed by atoms with Crippen LogP contribution >= 0.6 is 0 Å². The highest BCUT2D eigenvalue weighted by Gasteiger charge is 2.20. The fraction of sp³-hybridized carbons (Fsp3) is 0.412. The molecule has 1 amide bonds. The second-order valence-corrected chi connectivity index (χ2v) is 5.86. The number of amides is 1. The molecule has 1 N–H and O–H groups in total. The van der Waals surface area contributed by atoms with Crippen molar-refractivity contribution in [2.75, 3.05) is 36.4 Å². The van der Waals surface area contributed by atoms with E-state index in [9.17, 15) is 4.79 Å². The number of piperazine rings is 1. The Morgan fingerprint density at radius 2 is 2.00 bits per heavy atom. The predicted molar refractivity (Wildman–Crippen MR) is 92.8 cm³/mol. The van der Waals surface area contributed by atoms with Gasteiger partial charge in [0, 0.05) is 51.1 Å². The predicted octanol–water partition coefficient (Wildman–Crippen LogP) is 1.46. The standard InChI is InChI=1S/C17H22N6O/c1-13-11-16(19-12-15-5-3-4-6-18-15)21-17(20-13)23-9-7-22(8-10-23)14(2)24/h3-6,11H,7-10,12H2,1-2H3,(H,19,20,21). The molecule has 1 saturated heterocycles. The van der Waals surface area contributed by atoms with Crippen LogP contribution in [0.2, 0.25) is 0 Å². The molecule has 7 heteroatoms. The average molecular weight is 326 g/mol. The molecule has 3 rings (SSSR count). The number of hydrogen-bond donors (Lipinski definition) is 1. The first-order valence-electron chi connectivity index (χ1n) is 8.12. The van der Waals surface area contributed by atoms with Crippen LogP contribution in [0.25, 0.3) is 0 Å². The van der Waals surface area contributed by atoms with Crippen molar-refractivity contribution >= 4 is 17.7 Å². The molecule has 0 saturated carbocycles. The summed E-state index contributed by atoms with van der Waals surface area (Å²) >= 11 is 0. The van der Waals surface area contributed by atoms with Gasteiger partial charge in [0.05, 0.1) is 12.2 Å². The van der Waals surface area contributed by atoms with E-state index in [0.29, 0.717) is 25.6 Å². The Hall–Kier alpha value is -2.70. The van der Waals surface area contributed by atoms with Gasteiger partial charge in [-0.1, -0.05) is 6.07 Å². The lowest BCUT2D eigenvalue weighted by molar-refractivity contribution is -0.129. The van der Waals surface area contributed by atoms with Gasteiger partial charge in [0.15, 0.2) is 0 Å². The molecule has 0 spiro atoms. The van der Waals surface area contributed by atoms with Gasteiger partial charge in [0.25, 0.3) is 0 Å². The summed E-state index contributed by atoms with van der Waals surface area (Å²) in [7, 11) is 0. The van der Waals surface area contributed by atoms with Crippen LogP contribution in [0.5, 0.6) is 0 Å². The summed E-state index contributed by atoms with van der Waals surface area (Å²) in [4.78, 5) is 28.9. The molecule has 0 aromatic carbocycles. The zero-order chi connectivity index (χ0) is 16.9. The first-order valence-corrected chi connectivity index (χ1v) is 8.12. The number of carbonyl (C=O) groups is 1. The van der Waals surface area contributed by atoms with E-state index in [-0.39, 0.29) is 5.91 Å². The molecule has 7 nitrogen and oxygen atoms in total. The quantitative estimate of drug-likeness (QED) is 0.917. The highest BCUT2D eigenvalue weighted by molar-refractivity contribution is 5.73. The first kappa shape index (κ1) is 16.2. The van der Waals surface area contributed by atoms with E-state index in [1.807, 2.05) is 36.1 Å². The van der Waals surface area contributed by atoms with Gasteiger partial charge < -0.3 is 15.1 Å². The summed E-state index contributed by atoms with van der Waals surface area (Å²) in [6.45, 7) is 7.12. The Labute approximate surface area is 141 Å². The molecular formula is C17H22N6O. The van der Waals surface area contributed by atoms with Crippen molar-refractivity contribution < 1.29 is 4.79 Å². The highest BCUT2D eigenvalue weighted by atomic mass is 16.2. The van der Waals surface area contributed by atoms with E-state index in [4.69, 9.17) is 0 Å². The van der Waals surface area contributed by atoms with Gasteiger partial charge in [0.2, 0.25) is 11.9 Å². The minimum Gasteiger partial charge on any atom is -0.364 e. The van der Waals surface area contributed by atoms with Gasteiger partial charge in [-0.05, 0) is 19.1 Å². The van der Waals surface area contributed by atoms with Crippen LogP contribution in [0.1, 0.15) is 18.3 Å². The lowest BCUT2D eigenvalue weighted by Crippen LogP contribution is -2.48.